The summed E-state index contributed by atoms with van der Waals surface area (Å²) in [6, 6.07) is 12.0. The Morgan fingerprint density at radius 3 is 2.52 bits per heavy atom. The van der Waals surface area contributed by atoms with Gasteiger partial charge in [-0.3, -0.25) is 4.79 Å². The molecule has 0 amide bonds. The summed E-state index contributed by atoms with van der Waals surface area (Å²) in [6.07, 6.45) is 3.21. The predicted molar refractivity (Wildman–Crippen MR) is 91.7 cm³/mol. The molecule has 0 aliphatic carbocycles. The van der Waals surface area contributed by atoms with Crippen molar-refractivity contribution in [2.75, 3.05) is 0 Å². The van der Waals surface area contributed by atoms with Crippen molar-refractivity contribution in [1.82, 2.24) is 4.57 Å². The van der Waals surface area contributed by atoms with E-state index in [0.29, 0.717) is 16.1 Å². The molecular formula is C18H16ClNO3. The van der Waals surface area contributed by atoms with Crippen LogP contribution in [0.2, 0.25) is 5.02 Å². The second-order valence-electron chi connectivity index (χ2n) is 5.42. The van der Waals surface area contributed by atoms with Crippen LogP contribution in [0.25, 0.3) is 16.7 Å². The molecule has 0 aliphatic heterocycles. The first-order chi connectivity index (χ1) is 11.1. The molecule has 1 heterocycles. The van der Waals surface area contributed by atoms with Crippen molar-refractivity contribution in [2.45, 2.75) is 26.2 Å². The first kappa shape index (κ1) is 15.6. The van der Waals surface area contributed by atoms with Gasteiger partial charge >= 0.3 is 5.76 Å². The summed E-state index contributed by atoms with van der Waals surface area (Å²) in [4.78, 5) is 24.8. The molecule has 0 atom stereocenters. The van der Waals surface area contributed by atoms with Gasteiger partial charge in [0, 0.05) is 11.1 Å². The lowest BCUT2D eigenvalue weighted by Crippen LogP contribution is -2.30. The Hall–Kier alpha value is -2.33. The fourth-order valence-corrected chi connectivity index (χ4v) is 2.68. The van der Waals surface area contributed by atoms with Crippen molar-refractivity contribution in [3.05, 3.63) is 74.0 Å². The third-order valence-corrected chi connectivity index (χ3v) is 4.01. The van der Waals surface area contributed by atoms with Crippen LogP contribution in [-0.4, -0.2) is 4.57 Å². The van der Waals surface area contributed by atoms with E-state index in [1.54, 1.807) is 24.3 Å². The van der Waals surface area contributed by atoms with Crippen LogP contribution >= 0.6 is 11.6 Å². The minimum Gasteiger partial charge on any atom is -0.409 e. The number of aromatic nitrogens is 1. The van der Waals surface area contributed by atoms with Crippen LogP contribution in [0.1, 0.15) is 25.3 Å². The molecule has 3 rings (SSSR count). The minimum atomic E-state index is -0.717. The number of aryl methyl sites for hydroxylation is 1. The molecule has 5 heteroatoms. The van der Waals surface area contributed by atoms with Crippen LogP contribution in [0.3, 0.4) is 0 Å². The second kappa shape index (κ2) is 6.42. The largest absolute Gasteiger partial charge is 0.426 e. The lowest BCUT2D eigenvalue weighted by molar-refractivity contribution is 0.504. The quantitative estimate of drug-likeness (QED) is 0.728. The van der Waals surface area contributed by atoms with Gasteiger partial charge in [-0.05, 0) is 42.7 Å². The highest BCUT2D eigenvalue weighted by atomic mass is 35.5. The summed E-state index contributed by atoms with van der Waals surface area (Å²) >= 11 is 5.87. The zero-order valence-corrected chi connectivity index (χ0v) is 13.5. The van der Waals surface area contributed by atoms with Gasteiger partial charge in [0.15, 0.2) is 0 Å². The summed E-state index contributed by atoms with van der Waals surface area (Å²) in [5.74, 6) is -0.717. The van der Waals surface area contributed by atoms with Crippen LogP contribution < -0.4 is 11.3 Å². The van der Waals surface area contributed by atoms with Crippen LogP contribution in [0, 0.1) is 0 Å². The lowest BCUT2D eigenvalue weighted by Gasteiger charge is -2.07. The van der Waals surface area contributed by atoms with Gasteiger partial charge in [0.25, 0.3) is 5.56 Å². The van der Waals surface area contributed by atoms with Gasteiger partial charge in [0.2, 0.25) is 0 Å². The summed E-state index contributed by atoms with van der Waals surface area (Å²) in [5.41, 5.74) is 1.47. The van der Waals surface area contributed by atoms with E-state index in [0.717, 1.165) is 23.8 Å². The molecule has 0 bridgehead atoms. The highest BCUT2D eigenvalue weighted by molar-refractivity contribution is 6.31. The number of nitrogens with zero attached hydrogens (tertiary/aromatic N) is 1. The Kier molecular flexibility index (Phi) is 4.35. The highest BCUT2D eigenvalue weighted by Crippen LogP contribution is 2.16. The number of rotatable bonds is 4. The molecule has 0 N–H and O–H groups in total. The van der Waals surface area contributed by atoms with Crippen LogP contribution in [-0.2, 0) is 6.42 Å². The molecular weight excluding hydrogens is 314 g/mol. The van der Waals surface area contributed by atoms with Gasteiger partial charge in [0.1, 0.15) is 5.58 Å². The maximum absolute atomic E-state index is 12.6. The topological polar surface area (TPSA) is 52.2 Å². The number of hydrogen-bond donors (Lipinski definition) is 0. The Morgan fingerprint density at radius 1 is 1.09 bits per heavy atom. The molecule has 0 radical (unpaired) electrons. The molecule has 0 spiro atoms. The Morgan fingerprint density at radius 2 is 1.83 bits per heavy atom. The van der Waals surface area contributed by atoms with E-state index in [9.17, 15) is 9.59 Å². The maximum Gasteiger partial charge on any atom is 0.426 e. The van der Waals surface area contributed by atoms with E-state index in [4.69, 9.17) is 16.0 Å². The number of benzene rings is 2. The predicted octanol–water partition coefficient (Wildman–Crippen LogP) is 3.94. The fourth-order valence-electron chi connectivity index (χ4n) is 2.52. The molecule has 0 unspecified atom stereocenters. The van der Waals surface area contributed by atoms with Gasteiger partial charge in [0.05, 0.1) is 11.1 Å². The molecule has 1 aromatic heterocycles. The third kappa shape index (κ3) is 3.08. The van der Waals surface area contributed by atoms with Crippen molar-refractivity contribution in [2.24, 2.45) is 0 Å². The highest BCUT2D eigenvalue weighted by Gasteiger charge is 2.11. The average molecular weight is 330 g/mol. The molecule has 0 aliphatic rings. The third-order valence-electron chi connectivity index (χ3n) is 3.77. The Bertz CT molecular complexity index is 955. The molecule has 3 aromatic rings. The monoisotopic (exact) mass is 329 g/mol. The van der Waals surface area contributed by atoms with Gasteiger partial charge < -0.3 is 4.42 Å². The molecule has 4 nitrogen and oxygen atoms in total. The summed E-state index contributed by atoms with van der Waals surface area (Å²) in [5, 5.41) is 0.738. The molecule has 23 heavy (non-hydrogen) atoms. The molecule has 0 saturated carbocycles. The average Bonchev–Trinajstić information content (AvgIpc) is 2.53. The van der Waals surface area contributed by atoms with Crippen molar-refractivity contribution < 1.29 is 4.42 Å². The Labute approximate surface area is 137 Å². The first-order valence-corrected chi connectivity index (χ1v) is 7.92. The van der Waals surface area contributed by atoms with E-state index in [-0.39, 0.29) is 5.58 Å². The van der Waals surface area contributed by atoms with Crippen molar-refractivity contribution >= 4 is 22.6 Å². The molecule has 118 valence electrons. The van der Waals surface area contributed by atoms with Crippen molar-refractivity contribution in [1.29, 1.82) is 0 Å². The molecule has 2 aromatic carbocycles. The van der Waals surface area contributed by atoms with Crippen LogP contribution in [0.15, 0.2) is 56.5 Å². The van der Waals surface area contributed by atoms with Gasteiger partial charge in [-0.2, -0.15) is 0 Å². The standard InChI is InChI=1S/C18H16ClNO3/c1-2-3-4-12-5-8-14(9-6-12)20-17(21)15-10-7-13(19)11-16(15)23-18(20)22/h5-11H,2-4H2,1H3. The lowest BCUT2D eigenvalue weighted by atomic mass is 10.1. The second-order valence-corrected chi connectivity index (χ2v) is 5.86. The van der Waals surface area contributed by atoms with Crippen molar-refractivity contribution in [3.63, 3.8) is 0 Å². The minimum absolute atomic E-state index is 0.198. The Balaban J connectivity index is 2.11. The maximum atomic E-state index is 12.6. The summed E-state index contributed by atoms with van der Waals surface area (Å²) in [7, 11) is 0. The molecule has 0 fully saturated rings. The van der Waals surface area contributed by atoms with Gasteiger partial charge in [-0.1, -0.05) is 37.1 Å². The SMILES string of the molecule is CCCCc1ccc(-n2c(=O)oc3cc(Cl)ccc3c2=O)cc1. The van der Waals surface area contributed by atoms with Gasteiger partial charge in [-0.25, -0.2) is 9.36 Å². The fraction of sp³-hybridized carbons (Fsp3) is 0.222. The van der Waals surface area contributed by atoms with Crippen LogP contribution in [0.4, 0.5) is 0 Å². The van der Waals surface area contributed by atoms with Crippen molar-refractivity contribution in [3.8, 4) is 5.69 Å². The summed E-state index contributed by atoms with van der Waals surface area (Å²) < 4.78 is 6.27. The first-order valence-electron chi connectivity index (χ1n) is 7.55. The van der Waals surface area contributed by atoms with E-state index in [1.165, 1.54) is 11.6 Å². The zero-order valence-electron chi connectivity index (χ0n) is 12.7. The van der Waals surface area contributed by atoms with E-state index in [2.05, 4.69) is 6.92 Å². The van der Waals surface area contributed by atoms with Crippen LogP contribution in [0.5, 0.6) is 0 Å². The normalized spacial score (nSPS) is 11.0. The van der Waals surface area contributed by atoms with E-state index in [1.807, 2.05) is 12.1 Å². The smallest absolute Gasteiger partial charge is 0.409 e. The van der Waals surface area contributed by atoms with Gasteiger partial charge in [-0.15, -0.1) is 0 Å². The number of fused-ring (bicyclic) bond motifs is 1. The number of hydrogen-bond acceptors (Lipinski definition) is 3. The molecule has 0 saturated heterocycles. The number of halogens is 1. The van der Waals surface area contributed by atoms with E-state index >= 15 is 0 Å². The zero-order chi connectivity index (χ0) is 16.4. The van der Waals surface area contributed by atoms with E-state index < -0.39 is 11.3 Å². The summed E-state index contributed by atoms with van der Waals surface area (Å²) in [6.45, 7) is 2.14. The number of unbranched alkanes of at least 4 members (excludes halogenated alkanes) is 1.